The molecular formula is C25H38N4O4. The number of amides is 2. The highest BCUT2D eigenvalue weighted by atomic mass is 16.5. The molecule has 0 saturated carbocycles. The lowest BCUT2D eigenvalue weighted by atomic mass is 9.73. The zero-order chi connectivity index (χ0) is 24.1. The summed E-state index contributed by atoms with van der Waals surface area (Å²) < 4.78 is 5.79. The van der Waals surface area contributed by atoms with E-state index in [-0.39, 0.29) is 30.6 Å². The predicted molar refractivity (Wildman–Crippen MR) is 127 cm³/mol. The topological polar surface area (TPSA) is 99.3 Å². The lowest BCUT2D eigenvalue weighted by molar-refractivity contribution is -0.137. The average molecular weight is 459 g/mol. The molecule has 33 heavy (non-hydrogen) atoms. The molecule has 3 aliphatic heterocycles. The summed E-state index contributed by atoms with van der Waals surface area (Å²) in [4.78, 5) is 32.9. The molecule has 3 N–H and O–H groups in total. The van der Waals surface area contributed by atoms with Gasteiger partial charge in [-0.3, -0.25) is 9.59 Å². The molecule has 0 unspecified atom stereocenters. The Labute approximate surface area is 196 Å². The van der Waals surface area contributed by atoms with Crippen molar-refractivity contribution in [1.82, 2.24) is 9.80 Å². The molecule has 1 aromatic rings. The van der Waals surface area contributed by atoms with Crippen LogP contribution in [0, 0.1) is 11.3 Å². The van der Waals surface area contributed by atoms with Crippen LogP contribution in [-0.4, -0.2) is 91.3 Å². The van der Waals surface area contributed by atoms with Gasteiger partial charge in [0.1, 0.15) is 6.10 Å². The number of aliphatic hydroxyl groups excluding tert-OH is 1. The van der Waals surface area contributed by atoms with Crippen molar-refractivity contribution in [1.29, 1.82) is 0 Å². The summed E-state index contributed by atoms with van der Waals surface area (Å²) in [6.45, 7) is 12.6. The summed E-state index contributed by atoms with van der Waals surface area (Å²) in [5.74, 6) is -1.05. The fourth-order valence-electron chi connectivity index (χ4n) is 5.70. The second-order valence-electron chi connectivity index (χ2n) is 11.0. The molecule has 0 aliphatic carbocycles. The number of fused-ring (bicyclic) bond motifs is 1. The largest absolute Gasteiger partial charge is 0.388 e. The molecule has 2 amide bonds. The molecule has 3 fully saturated rings. The Bertz CT molecular complexity index is 906. The Hall–Kier alpha value is -2.16. The van der Waals surface area contributed by atoms with Gasteiger partial charge >= 0.3 is 0 Å². The van der Waals surface area contributed by atoms with E-state index in [2.05, 4.69) is 23.8 Å². The molecule has 3 saturated heterocycles. The molecule has 3 heterocycles. The second kappa shape index (κ2) is 8.89. The van der Waals surface area contributed by atoms with Gasteiger partial charge in [0.25, 0.3) is 0 Å². The van der Waals surface area contributed by atoms with E-state index in [1.54, 1.807) is 11.0 Å². The first-order chi connectivity index (χ1) is 15.5. The first-order valence-corrected chi connectivity index (χ1v) is 12.0. The summed E-state index contributed by atoms with van der Waals surface area (Å²) in [6, 6.07) is 5.33. The Morgan fingerprint density at radius 3 is 2.45 bits per heavy atom. The minimum atomic E-state index is -0.697. The van der Waals surface area contributed by atoms with Crippen LogP contribution in [0.2, 0.25) is 0 Å². The maximum Gasteiger partial charge on any atom is 0.249 e. The van der Waals surface area contributed by atoms with Gasteiger partial charge in [0.15, 0.2) is 0 Å². The van der Waals surface area contributed by atoms with Gasteiger partial charge in [-0.1, -0.05) is 27.7 Å². The third-order valence-corrected chi connectivity index (χ3v) is 7.47. The van der Waals surface area contributed by atoms with E-state index in [1.807, 2.05) is 32.9 Å². The first-order valence-electron chi connectivity index (χ1n) is 12.0. The van der Waals surface area contributed by atoms with Gasteiger partial charge in [-0.05, 0) is 36.2 Å². The number of likely N-dealkylation sites (tertiary alicyclic amines) is 1. The van der Waals surface area contributed by atoms with Crippen LogP contribution >= 0.6 is 0 Å². The number of benzene rings is 1. The van der Waals surface area contributed by atoms with Gasteiger partial charge in [-0.25, -0.2) is 0 Å². The van der Waals surface area contributed by atoms with Crippen LogP contribution in [0.3, 0.4) is 0 Å². The van der Waals surface area contributed by atoms with Crippen LogP contribution < -0.4 is 10.6 Å². The summed E-state index contributed by atoms with van der Waals surface area (Å²) >= 11 is 0. The number of piperazine rings is 1. The number of hydrogen-bond acceptors (Lipinski definition) is 6. The Kier molecular flexibility index (Phi) is 6.46. The number of carbonyl (C=O) groups is 2. The van der Waals surface area contributed by atoms with Crippen molar-refractivity contribution in [3.05, 3.63) is 29.3 Å². The number of anilines is 1. The molecule has 182 valence electrons. The third kappa shape index (κ3) is 4.48. The van der Waals surface area contributed by atoms with Crippen molar-refractivity contribution in [2.45, 2.75) is 51.9 Å². The fraction of sp³-hybridized carbons (Fsp3) is 0.680. The van der Waals surface area contributed by atoms with Crippen molar-refractivity contribution in [2.75, 3.05) is 51.3 Å². The van der Waals surface area contributed by atoms with Crippen molar-refractivity contribution >= 4 is 17.5 Å². The predicted octanol–water partition coefficient (Wildman–Crippen LogP) is 1.27. The smallest absolute Gasteiger partial charge is 0.249 e. The Morgan fingerprint density at radius 1 is 1.18 bits per heavy atom. The number of hydrogen-bond donors (Lipinski definition) is 2. The van der Waals surface area contributed by atoms with Crippen LogP contribution in [0.15, 0.2) is 18.2 Å². The van der Waals surface area contributed by atoms with E-state index in [0.29, 0.717) is 17.7 Å². The van der Waals surface area contributed by atoms with Crippen molar-refractivity contribution < 1.29 is 19.4 Å². The highest BCUT2D eigenvalue weighted by molar-refractivity contribution is 5.98. The van der Waals surface area contributed by atoms with E-state index in [0.717, 1.165) is 31.9 Å². The van der Waals surface area contributed by atoms with Gasteiger partial charge in [-0.15, -0.1) is 0 Å². The average Bonchev–Trinajstić information content (AvgIpc) is 3.28. The van der Waals surface area contributed by atoms with Gasteiger partial charge < -0.3 is 30.3 Å². The molecule has 5 atom stereocenters. The number of ether oxygens (including phenoxy) is 1. The van der Waals surface area contributed by atoms with Crippen LogP contribution in [0.5, 0.6) is 0 Å². The van der Waals surface area contributed by atoms with E-state index < -0.39 is 23.3 Å². The molecular weight excluding hydrogens is 420 g/mol. The number of likely N-dealkylation sites (N-methyl/N-ethyl adjacent to an activating group) is 1. The first kappa shape index (κ1) is 24.0. The highest BCUT2D eigenvalue weighted by Crippen LogP contribution is 2.43. The molecule has 1 aromatic carbocycles. The van der Waals surface area contributed by atoms with Gasteiger partial charge in [0, 0.05) is 49.9 Å². The van der Waals surface area contributed by atoms with Crippen molar-refractivity contribution in [2.24, 2.45) is 17.1 Å². The number of primary amides is 1. The molecule has 0 aromatic heterocycles. The number of aliphatic hydroxyl groups is 1. The minimum absolute atomic E-state index is 0.0792. The minimum Gasteiger partial charge on any atom is -0.388 e. The molecule has 8 nitrogen and oxygen atoms in total. The zero-order valence-electron chi connectivity index (χ0n) is 20.5. The molecule has 0 bridgehead atoms. The maximum absolute atomic E-state index is 14.1. The Balaban J connectivity index is 1.74. The SMILES string of the molecule is C[C@@H]1CN(C(=O)[C@H](c2cc(N3CCN(C)CC3)ccc2C(N)=O)C(C)(C)C)[C@H]2[C@@H]1OC[C@@H]2O. The molecule has 0 radical (unpaired) electrons. The lowest BCUT2D eigenvalue weighted by Crippen LogP contribution is -2.48. The van der Waals surface area contributed by atoms with Crippen LogP contribution in [0.25, 0.3) is 0 Å². The normalized spacial score (nSPS) is 29.3. The van der Waals surface area contributed by atoms with Gasteiger partial charge in [0.2, 0.25) is 11.8 Å². The molecule has 3 aliphatic rings. The Morgan fingerprint density at radius 2 is 1.85 bits per heavy atom. The second-order valence-corrected chi connectivity index (χ2v) is 11.0. The van der Waals surface area contributed by atoms with E-state index in [1.165, 1.54) is 0 Å². The lowest BCUT2D eigenvalue weighted by Gasteiger charge is -2.38. The fourth-order valence-corrected chi connectivity index (χ4v) is 5.70. The quantitative estimate of drug-likeness (QED) is 0.705. The summed E-state index contributed by atoms with van der Waals surface area (Å²) in [5, 5.41) is 10.6. The van der Waals surface area contributed by atoms with Crippen LogP contribution in [0.4, 0.5) is 5.69 Å². The summed E-state index contributed by atoms with van der Waals surface area (Å²) in [7, 11) is 2.11. The van der Waals surface area contributed by atoms with Crippen molar-refractivity contribution in [3.8, 4) is 0 Å². The number of nitrogens with zero attached hydrogens (tertiary/aromatic N) is 3. The third-order valence-electron chi connectivity index (χ3n) is 7.47. The van der Waals surface area contributed by atoms with Gasteiger partial charge in [-0.2, -0.15) is 0 Å². The van der Waals surface area contributed by atoms with E-state index >= 15 is 0 Å². The van der Waals surface area contributed by atoms with E-state index in [9.17, 15) is 14.7 Å². The number of carbonyl (C=O) groups excluding carboxylic acids is 2. The maximum atomic E-state index is 14.1. The standard InChI is InChI=1S/C25H38N4O4/c1-15-13-29(21-19(30)14-33-22(15)21)24(32)20(25(2,3)4)18-12-16(6-7-17(18)23(26)31)28-10-8-27(5)9-11-28/h6-7,12,15,19-22,30H,8-11,13-14H2,1-5H3,(H2,26,31)/t15-,19+,20+,21-,22-/m1/s1. The molecule has 4 rings (SSSR count). The number of nitrogens with two attached hydrogens (primary N) is 1. The number of rotatable bonds is 4. The monoisotopic (exact) mass is 458 g/mol. The van der Waals surface area contributed by atoms with Crippen LogP contribution in [0.1, 0.15) is 49.5 Å². The van der Waals surface area contributed by atoms with Crippen LogP contribution in [-0.2, 0) is 9.53 Å². The van der Waals surface area contributed by atoms with E-state index in [4.69, 9.17) is 10.5 Å². The zero-order valence-corrected chi connectivity index (χ0v) is 20.5. The molecule has 8 heteroatoms. The molecule has 0 spiro atoms. The van der Waals surface area contributed by atoms with Crippen molar-refractivity contribution in [3.63, 3.8) is 0 Å². The van der Waals surface area contributed by atoms with Gasteiger partial charge in [0.05, 0.1) is 24.7 Å². The summed E-state index contributed by atoms with van der Waals surface area (Å²) in [6.07, 6.45) is -0.853. The summed E-state index contributed by atoms with van der Waals surface area (Å²) in [5.41, 5.74) is 7.37. The highest BCUT2D eigenvalue weighted by Gasteiger charge is 2.52.